The van der Waals surface area contributed by atoms with Crippen LogP contribution in [0.5, 0.6) is 5.75 Å². The monoisotopic (exact) mass is 353 g/mol. The highest BCUT2D eigenvalue weighted by molar-refractivity contribution is 6.06. The van der Waals surface area contributed by atoms with Crippen molar-refractivity contribution in [3.05, 3.63) is 48.0 Å². The van der Waals surface area contributed by atoms with E-state index < -0.39 is 0 Å². The molecule has 0 aromatic heterocycles. The molecule has 0 atom stereocenters. The number of hydrogen-bond donors (Lipinski definition) is 2. The molecular formula is C20H23N3O3. The summed E-state index contributed by atoms with van der Waals surface area (Å²) in [6.07, 6.45) is 0. The Balaban J connectivity index is 1.72. The maximum atomic E-state index is 12.5. The van der Waals surface area contributed by atoms with Gasteiger partial charge in [0.05, 0.1) is 5.69 Å². The normalized spacial score (nSPS) is 12.8. The third-order valence-electron chi connectivity index (χ3n) is 4.30. The molecular weight excluding hydrogens is 330 g/mol. The van der Waals surface area contributed by atoms with Crippen molar-refractivity contribution in [2.75, 3.05) is 28.7 Å². The molecule has 6 nitrogen and oxygen atoms in total. The quantitative estimate of drug-likeness (QED) is 0.863. The molecule has 26 heavy (non-hydrogen) atoms. The molecule has 2 amide bonds. The first-order valence-corrected chi connectivity index (χ1v) is 8.72. The molecule has 2 N–H and O–H groups in total. The van der Waals surface area contributed by atoms with Crippen LogP contribution >= 0.6 is 0 Å². The largest absolute Gasteiger partial charge is 0.482 e. The third kappa shape index (κ3) is 3.79. The van der Waals surface area contributed by atoms with E-state index in [4.69, 9.17) is 4.74 Å². The van der Waals surface area contributed by atoms with Crippen molar-refractivity contribution >= 4 is 28.9 Å². The number of anilines is 3. The molecule has 6 heteroatoms. The van der Waals surface area contributed by atoms with Crippen LogP contribution in [0, 0.1) is 0 Å². The summed E-state index contributed by atoms with van der Waals surface area (Å²) in [7, 11) is 0. The molecule has 1 heterocycles. The maximum Gasteiger partial charge on any atom is 0.262 e. The van der Waals surface area contributed by atoms with Gasteiger partial charge in [-0.3, -0.25) is 9.59 Å². The second-order valence-electron chi connectivity index (χ2n) is 6.43. The number of nitrogens with zero attached hydrogens (tertiary/aromatic N) is 1. The van der Waals surface area contributed by atoms with Gasteiger partial charge < -0.3 is 20.3 Å². The van der Waals surface area contributed by atoms with Gasteiger partial charge >= 0.3 is 0 Å². The van der Waals surface area contributed by atoms with Gasteiger partial charge in [0.2, 0.25) is 0 Å². The van der Waals surface area contributed by atoms with Gasteiger partial charge in [0.1, 0.15) is 5.75 Å². The summed E-state index contributed by atoms with van der Waals surface area (Å²) >= 11 is 0. The zero-order valence-corrected chi connectivity index (χ0v) is 15.2. The Labute approximate surface area is 153 Å². The SMILES string of the molecule is CCN(c1ccc(NC(=O)c2ccc3c(c2)NC(=O)CO3)cc1)C(C)C. The topological polar surface area (TPSA) is 70.7 Å². The Bertz CT molecular complexity index is 816. The molecule has 1 aliphatic rings. The van der Waals surface area contributed by atoms with E-state index in [0.717, 1.165) is 17.9 Å². The average Bonchev–Trinajstić information content (AvgIpc) is 2.62. The van der Waals surface area contributed by atoms with Gasteiger partial charge in [0.25, 0.3) is 11.8 Å². The van der Waals surface area contributed by atoms with E-state index in [1.807, 2.05) is 24.3 Å². The molecule has 0 bridgehead atoms. The molecule has 0 aliphatic carbocycles. The lowest BCUT2D eigenvalue weighted by atomic mass is 10.1. The summed E-state index contributed by atoms with van der Waals surface area (Å²) in [6.45, 7) is 7.34. The van der Waals surface area contributed by atoms with Crippen LogP contribution in [0.15, 0.2) is 42.5 Å². The van der Waals surface area contributed by atoms with Crippen LogP contribution in [0.2, 0.25) is 0 Å². The Morgan fingerprint density at radius 2 is 1.96 bits per heavy atom. The smallest absolute Gasteiger partial charge is 0.262 e. The van der Waals surface area contributed by atoms with Crippen molar-refractivity contribution in [1.82, 2.24) is 0 Å². The van der Waals surface area contributed by atoms with Crippen LogP contribution < -0.4 is 20.3 Å². The minimum atomic E-state index is -0.239. The van der Waals surface area contributed by atoms with Crippen molar-refractivity contribution < 1.29 is 14.3 Å². The number of benzene rings is 2. The van der Waals surface area contributed by atoms with E-state index in [-0.39, 0.29) is 18.4 Å². The predicted molar refractivity (Wildman–Crippen MR) is 103 cm³/mol. The number of fused-ring (bicyclic) bond motifs is 1. The summed E-state index contributed by atoms with van der Waals surface area (Å²) in [5, 5.41) is 5.59. The number of rotatable bonds is 5. The molecule has 1 aliphatic heterocycles. The molecule has 0 radical (unpaired) electrons. The molecule has 0 fully saturated rings. The van der Waals surface area contributed by atoms with Gasteiger partial charge in [-0.15, -0.1) is 0 Å². The van der Waals surface area contributed by atoms with Crippen molar-refractivity contribution in [3.63, 3.8) is 0 Å². The fourth-order valence-corrected chi connectivity index (χ4v) is 3.01. The van der Waals surface area contributed by atoms with Crippen LogP contribution in [0.3, 0.4) is 0 Å². The standard InChI is InChI=1S/C20H23N3O3/c1-4-23(13(2)3)16-8-6-15(7-9-16)21-20(25)14-5-10-18-17(11-14)22-19(24)12-26-18/h5-11,13H,4,12H2,1-3H3,(H,21,25)(H,22,24). The van der Waals surface area contributed by atoms with E-state index in [0.29, 0.717) is 23.0 Å². The Hall–Kier alpha value is -3.02. The lowest BCUT2D eigenvalue weighted by Crippen LogP contribution is -2.30. The molecule has 0 spiro atoms. The van der Waals surface area contributed by atoms with E-state index in [1.165, 1.54) is 0 Å². The fraction of sp³-hybridized carbons (Fsp3) is 0.300. The van der Waals surface area contributed by atoms with Crippen molar-refractivity contribution in [3.8, 4) is 5.75 Å². The highest BCUT2D eigenvalue weighted by Crippen LogP contribution is 2.29. The van der Waals surface area contributed by atoms with Gasteiger partial charge in [-0.2, -0.15) is 0 Å². The van der Waals surface area contributed by atoms with Gasteiger partial charge in [0, 0.05) is 29.5 Å². The summed E-state index contributed by atoms with van der Waals surface area (Å²) in [5.41, 5.74) is 2.81. The molecule has 0 saturated heterocycles. The van der Waals surface area contributed by atoms with Crippen LogP contribution in [-0.2, 0) is 4.79 Å². The first-order valence-electron chi connectivity index (χ1n) is 8.72. The van der Waals surface area contributed by atoms with E-state index in [1.54, 1.807) is 18.2 Å². The lowest BCUT2D eigenvalue weighted by Gasteiger charge is -2.27. The number of carbonyl (C=O) groups is 2. The number of ether oxygens (including phenoxy) is 1. The number of nitrogens with one attached hydrogen (secondary N) is 2. The highest BCUT2D eigenvalue weighted by atomic mass is 16.5. The van der Waals surface area contributed by atoms with Crippen molar-refractivity contribution in [2.24, 2.45) is 0 Å². The number of hydrogen-bond acceptors (Lipinski definition) is 4. The Morgan fingerprint density at radius 1 is 1.23 bits per heavy atom. The van der Waals surface area contributed by atoms with E-state index in [9.17, 15) is 9.59 Å². The number of amides is 2. The molecule has 3 rings (SSSR count). The summed E-state index contributed by atoms with van der Waals surface area (Å²) in [4.78, 5) is 26.2. The van der Waals surface area contributed by atoms with E-state index >= 15 is 0 Å². The molecule has 0 saturated carbocycles. The van der Waals surface area contributed by atoms with Gasteiger partial charge in [-0.25, -0.2) is 0 Å². The second kappa shape index (κ2) is 7.47. The summed E-state index contributed by atoms with van der Waals surface area (Å²) < 4.78 is 5.31. The van der Waals surface area contributed by atoms with Crippen LogP contribution in [-0.4, -0.2) is 31.0 Å². The molecule has 136 valence electrons. The minimum absolute atomic E-state index is 0.00392. The van der Waals surface area contributed by atoms with Crippen LogP contribution in [0.1, 0.15) is 31.1 Å². The average molecular weight is 353 g/mol. The molecule has 0 unspecified atom stereocenters. The van der Waals surface area contributed by atoms with E-state index in [2.05, 4.69) is 36.3 Å². The zero-order valence-electron chi connectivity index (χ0n) is 15.2. The fourth-order valence-electron chi connectivity index (χ4n) is 3.01. The van der Waals surface area contributed by atoms with Gasteiger partial charge in [-0.05, 0) is 63.2 Å². The summed E-state index contributed by atoms with van der Waals surface area (Å²) in [6, 6.07) is 13.2. The minimum Gasteiger partial charge on any atom is -0.482 e. The highest BCUT2D eigenvalue weighted by Gasteiger charge is 2.18. The predicted octanol–water partition coefficient (Wildman–Crippen LogP) is 3.50. The zero-order chi connectivity index (χ0) is 18.7. The Kier molecular flexibility index (Phi) is 5.11. The second-order valence-corrected chi connectivity index (χ2v) is 6.43. The maximum absolute atomic E-state index is 12.5. The van der Waals surface area contributed by atoms with Crippen LogP contribution in [0.25, 0.3) is 0 Å². The van der Waals surface area contributed by atoms with Crippen molar-refractivity contribution in [1.29, 1.82) is 0 Å². The van der Waals surface area contributed by atoms with Gasteiger partial charge in [0.15, 0.2) is 6.61 Å². The first kappa shape index (κ1) is 17.8. The van der Waals surface area contributed by atoms with Crippen LogP contribution in [0.4, 0.5) is 17.1 Å². The third-order valence-corrected chi connectivity index (χ3v) is 4.30. The Morgan fingerprint density at radius 3 is 2.62 bits per heavy atom. The molecule has 2 aromatic rings. The summed E-state index contributed by atoms with van der Waals surface area (Å²) in [5.74, 6) is 0.103. The van der Waals surface area contributed by atoms with Crippen molar-refractivity contribution in [2.45, 2.75) is 26.8 Å². The molecule has 2 aromatic carbocycles. The number of carbonyl (C=O) groups excluding carboxylic acids is 2. The van der Waals surface area contributed by atoms with Gasteiger partial charge in [-0.1, -0.05) is 0 Å². The lowest BCUT2D eigenvalue weighted by molar-refractivity contribution is -0.118. The first-order chi connectivity index (χ1) is 12.5.